The van der Waals surface area contributed by atoms with Gasteiger partial charge in [-0.3, -0.25) is 14.4 Å². The van der Waals surface area contributed by atoms with E-state index in [1.54, 1.807) is 0 Å². The van der Waals surface area contributed by atoms with E-state index in [4.69, 9.17) is 0 Å². The van der Waals surface area contributed by atoms with Gasteiger partial charge in [-0.1, -0.05) is 0 Å². The van der Waals surface area contributed by atoms with Crippen molar-refractivity contribution in [2.75, 3.05) is 18.4 Å². The highest BCUT2D eigenvalue weighted by atomic mass is 32.1. The molecule has 1 unspecified atom stereocenters. The van der Waals surface area contributed by atoms with Crippen molar-refractivity contribution in [2.24, 2.45) is 0 Å². The fourth-order valence-electron chi connectivity index (χ4n) is 2.75. The lowest BCUT2D eigenvalue weighted by Crippen LogP contribution is -2.21. The summed E-state index contributed by atoms with van der Waals surface area (Å²) in [5, 5.41) is 7.16. The van der Waals surface area contributed by atoms with E-state index in [9.17, 15) is 4.79 Å². The van der Waals surface area contributed by atoms with Crippen molar-refractivity contribution in [2.45, 2.75) is 32.9 Å². The zero-order chi connectivity index (χ0) is 14.8. The monoisotopic (exact) mass is 304 g/mol. The van der Waals surface area contributed by atoms with Crippen molar-refractivity contribution in [1.29, 1.82) is 0 Å². The number of carbonyl (C=O) groups excluding carboxylic acids is 1. The molecule has 2 aromatic heterocycles. The minimum Gasteiger partial charge on any atom is -0.309 e. The first-order chi connectivity index (χ1) is 10.1. The van der Waals surface area contributed by atoms with Crippen LogP contribution in [0.2, 0.25) is 0 Å². The number of hydrogen-bond acceptors (Lipinski definition) is 4. The van der Waals surface area contributed by atoms with Crippen LogP contribution in [0.5, 0.6) is 0 Å². The van der Waals surface area contributed by atoms with Crippen LogP contribution < -0.4 is 5.32 Å². The van der Waals surface area contributed by atoms with Crippen LogP contribution in [0.15, 0.2) is 24.4 Å². The maximum Gasteiger partial charge on any atom is 0.222 e. The molecular formula is C15H20N4OS. The van der Waals surface area contributed by atoms with Gasteiger partial charge in [-0.15, -0.1) is 11.3 Å². The SMILES string of the molecule is CC(=O)Nc1ccn(C2CCN(Cc3ccc(C)s3)C2)n1. The maximum absolute atomic E-state index is 11.0. The molecule has 1 fully saturated rings. The lowest BCUT2D eigenvalue weighted by molar-refractivity contribution is -0.114. The third kappa shape index (κ3) is 3.51. The summed E-state index contributed by atoms with van der Waals surface area (Å²) < 4.78 is 1.98. The summed E-state index contributed by atoms with van der Waals surface area (Å²) in [6.07, 6.45) is 3.06. The molecule has 112 valence electrons. The predicted octanol–water partition coefficient (Wildman–Crippen LogP) is 2.66. The van der Waals surface area contributed by atoms with Crippen LogP contribution >= 0.6 is 11.3 Å². The van der Waals surface area contributed by atoms with E-state index in [0.29, 0.717) is 11.9 Å². The highest BCUT2D eigenvalue weighted by molar-refractivity contribution is 7.11. The van der Waals surface area contributed by atoms with Gasteiger partial charge in [0.2, 0.25) is 5.91 Å². The summed E-state index contributed by atoms with van der Waals surface area (Å²) in [6.45, 7) is 6.78. The average Bonchev–Trinajstić information content (AvgIpc) is 3.11. The van der Waals surface area contributed by atoms with Gasteiger partial charge in [0.15, 0.2) is 5.82 Å². The Balaban J connectivity index is 1.58. The fraction of sp³-hybridized carbons (Fsp3) is 0.467. The van der Waals surface area contributed by atoms with Crippen LogP contribution in [0.25, 0.3) is 0 Å². The van der Waals surface area contributed by atoms with Crippen LogP contribution in [0, 0.1) is 6.92 Å². The molecule has 1 aliphatic heterocycles. The first kappa shape index (κ1) is 14.3. The molecule has 1 amide bonds. The normalized spacial score (nSPS) is 19.0. The van der Waals surface area contributed by atoms with E-state index in [1.165, 1.54) is 16.7 Å². The number of aryl methyl sites for hydroxylation is 1. The number of rotatable bonds is 4. The molecule has 21 heavy (non-hydrogen) atoms. The Morgan fingerprint density at radius 3 is 3.05 bits per heavy atom. The molecule has 3 heterocycles. The fourth-order valence-corrected chi connectivity index (χ4v) is 3.68. The van der Waals surface area contributed by atoms with Crippen molar-refractivity contribution in [1.82, 2.24) is 14.7 Å². The van der Waals surface area contributed by atoms with Crippen molar-refractivity contribution in [3.63, 3.8) is 0 Å². The summed E-state index contributed by atoms with van der Waals surface area (Å²) >= 11 is 1.87. The van der Waals surface area contributed by atoms with Crippen LogP contribution in [0.3, 0.4) is 0 Å². The molecule has 0 bridgehead atoms. The number of amides is 1. The van der Waals surface area contributed by atoms with Crippen molar-refractivity contribution >= 4 is 23.1 Å². The summed E-state index contributed by atoms with van der Waals surface area (Å²) in [4.78, 5) is 16.3. The van der Waals surface area contributed by atoms with Gasteiger partial charge in [-0.25, -0.2) is 0 Å². The third-order valence-corrected chi connectivity index (χ3v) is 4.69. The van der Waals surface area contributed by atoms with E-state index in [0.717, 1.165) is 26.1 Å². The van der Waals surface area contributed by atoms with Crippen LogP contribution in [-0.4, -0.2) is 33.7 Å². The van der Waals surface area contributed by atoms with Crippen LogP contribution in [-0.2, 0) is 11.3 Å². The van der Waals surface area contributed by atoms with Crippen LogP contribution in [0.1, 0.15) is 29.1 Å². The van der Waals surface area contributed by atoms with E-state index in [2.05, 4.69) is 34.4 Å². The molecule has 1 atom stereocenters. The zero-order valence-corrected chi connectivity index (χ0v) is 13.2. The number of thiophene rings is 1. The van der Waals surface area contributed by atoms with Gasteiger partial charge >= 0.3 is 0 Å². The number of nitrogens with zero attached hydrogens (tertiary/aromatic N) is 3. The largest absolute Gasteiger partial charge is 0.309 e. The summed E-state index contributed by atoms with van der Waals surface area (Å²) in [5.41, 5.74) is 0. The number of anilines is 1. The second-order valence-corrected chi connectivity index (χ2v) is 6.92. The molecule has 2 aromatic rings. The smallest absolute Gasteiger partial charge is 0.222 e. The van der Waals surface area contributed by atoms with Gasteiger partial charge < -0.3 is 5.32 Å². The van der Waals surface area contributed by atoms with Gasteiger partial charge in [0, 0.05) is 48.6 Å². The number of carbonyl (C=O) groups is 1. The molecule has 6 heteroatoms. The van der Waals surface area contributed by atoms with E-state index < -0.39 is 0 Å². The van der Waals surface area contributed by atoms with Gasteiger partial charge in [-0.05, 0) is 25.5 Å². The quantitative estimate of drug-likeness (QED) is 0.945. The first-order valence-corrected chi connectivity index (χ1v) is 8.02. The highest BCUT2D eigenvalue weighted by Crippen LogP contribution is 2.25. The molecule has 0 spiro atoms. The number of likely N-dealkylation sites (tertiary alicyclic amines) is 1. The summed E-state index contributed by atoms with van der Waals surface area (Å²) in [5.74, 6) is 0.552. The Labute approximate surface area is 128 Å². The predicted molar refractivity (Wildman–Crippen MR) is 84.5 cm³/mol. The van der Waals surface area contributed by atoms with Gasteiger partial charge in [0.25, 0.3) is 0 Å². The highest BCUT2D eigenvalue weighted by Gasteiger charge is 2.24. The molecule has 1 saturated heterocycles. The molecule has 0 aromatic carbocycles. The Morgan fingerprint density at radius 1 is 1.48 bits per heavy atom. The van der Waals surface area contributed by atoms with Crippen molar-refractivity contribution in [3.8, 4) is 0 Å². The molecule has 1 aliphatic rings. The molecular weight excluding hydrogens is 284 g/mol. The third-order valence-electron chi connectivity index (χ3n) is 3.71. The number of aromatic nitrogens is 2. The minimum absolute atomic E-state index is 0.0821. The maximum atomic E-state index is 11.0. The van der Waals surface area contributed by atoms with Crippen LogP contribution in [0.4, 0.5) is 5.82 Å². The molecule has 3 rings (SSSR count). The number of hydrogen-bond donors (Lipinski definition) is 1. The van der Waals surface area contributed by atoms with E-state index in [-0.39, 0.29) is 5.91 Å². The Hall–Kier alpha value is -1.66. The molecule has 0 saturated carbocycles. The Bertz CT molecular complexity index is 633. The van der Waals surface area contributed by atoms with Gasteiger partial charge in [0.05, 0.1) is 6.04 Å². The molecule has 1 N–H and O–H groups in total. The molecule has 5 nitrogen and oxygen atoms in total. The van der Waals surface area contributed by atoms with Gasteiger partial charge in [0.1, 0.15) is 0 Å². The van der Waals surface area contributed by atoms with Crippen molar-refractivity contribution in [3.05, 3.63) is 34.2 Å². The Morgan fingerprint density at radius 2 is 2.33 bits per heavy atom. The first-order valence-electron chi connectivity index (χ1n) is 7.20. The summed E-state index contributed by atoms with van der Waals surface area (Å²) in [7, 11) is 0. The van der Waals surface area contributed by atoms with E-state index >= 15 is 0 Å². The Kier molecular flexibility index (Phi) is 4.07. The number of nitrogens with one attached hydrogen (secondary N) is 1. The molecule has 0 radical (unpaired) electrons. The van der Waals surface area contributed by atoms with E-state index in [1.807, 2.05) is 28.3 Å². The average molecular weight is 304 g/mol. The topological polar surface area (TPSA) is 50.2 Å². The summed E-state index contributed by atoms with van der Waals surface area (Å²) in [6, 6.07) is 6.65. The van der Waals surface area contributed by atoms with Gasteiger partial charge in [-0.2, -0.15) is 5.10 Å². The van der Waals surface area contributed by atoms with Crippen molar-refractivity contribution < 1.29 is 4.79 Å². The molecule has 0 aliphatic carbocycles. The zero-order valence-electron chi connectivity index (χ0n) is 12.4. The second-order valence-electron chi connectivity index (χ2n) is 5.55. The standard InChI is InChI=1S/C15H20N4OS/c1-11-3-4-14(21-11)10-18-7-5-13(9-18)19-8-6-15(17-19)16-12(2)20/h3-4,6,8,13H,5,7,9-10H2,1-2H3,(H,16,17,20). The lowest BCUT2D eigenvalue weighted by Gasteiger charge is -2.15. The lowest BCUT2D eigenvalue weighted by atomic mass is 10.3. The minimum atomic E-state index is -0.0821. The second kappa shape index (κ2) is 5.99.